The molecule has 1 N–H and O–H groups in total. The molecule has 0 saturated carbocycles. The maximum atomic E-state index is 11.2. The fourth-order valence-electron chi connectivity index (χ4n) is 2.06. The van der Waals surface area contributed by atoms with Crippen molar-refractivity contribution in [3.8, 4) is 0 Å². The third kappa shape index (κ3) is 4.19. The summed E-state index contributed by atoms with van der Waals surface area (Å²) in [6, 6.07) is 0. The first kappa shape index (κ1) is 16.4. The zero-order valence-corrected chi connectivity index (χ0v) is 12.7. The topological polar surface area (TPSA) is 82.2 Å². The number of hydrogen-bond acceptors (Lipinski definition) is 5. The number of nitrogens with zero attached hydrogens (tertiary/aromatic N) is 3. The number of nitro groups is 1. The van der Waals surface area contributed by atoms with Crippen LogP contribution < -0.4 is 5.32 Å². The highest BCUT2D eigenvalue weighted by Gasteiger charge is 2.27. The molecule has 0 atom stereocenters. The molecule has 0 fully saturated rings. The molecule has 7 nitrogen and oxygen atoms in total. The Morgan fingerprint density at radius 1 is 1.40 bits per heavy atom. The average Bonchev–Trinajstić information content (AvgIpc) is 2.71. The summed E-state index contributed by atoms with van der Waals surface area (Å²) < 4.78 is 6.54. The molecule has 0 amide bonds. The number of methoxy groups -OCH3 is 1. The van der Waals surface area contributed by atoms with Crippen molar-refractivity contribution in [2.24, 2.45) is 7.05 Å². The van der Waals surface area contributed by atoms with Crippen molar-refractivity contribution >= 4 is 11.5 Å². The first-order valence-electron chi connectivity index (χ1n) is 6.93. The molecule has 0 spiro atoms. The number of aryl methyl sites for hydroxylation is 1. The molecule has 1 aromatic heterocycles. The molecule has 0 aliphatic rings. The Hall–Kier alpha value is -1.63. The molecule has 20 heavy (non-hydrogen) atoms. The van der Waals surface area contributed by atoms with Gasteiger partial charge in [0.2, 0.25) is 5.82 Å². The Kier molecular flexibility index (Phi) is 6.44. The lowest BCUT2D eigenvalue weighted by Gasteiger charge is -2.06. The minimum Gasteiger partial charge on any atom is -0.385 e. The normalized spacial score (nSPS) is 11.1. The fourth-order valence-corrected chi connectivity index (χ4v) is 2.06. The zero-order valence-electron chi connectivity index (χ0n) is 12.7. The van der Waals surface area contributed by atoms with Crippen molar-refractivity contribution < 1.29 is 9.66 Å². The molecule has 0 saturated heterocycles. The molecule has 1 aromatic rings. The Morgan fingerprint density at radius 3 is 2.65 bits per heavy atom. The number of aromatic nitrogens is 2. The minimum atomic E-state index is -0.352. The van der Waals surface area contributed by atoms with Gasteiger partial charge in [0.05, 0.1) is 4.92 Å². The zero-order chi connectivity index (χ0) is 15.1. The Bertz CT molecular complexity index is 443. The van der Waals surface area contributed by atoms with Crippen LogP contribution in [0.2, 0.25) is 0 Å². The van der Waals surface area contributed by atoms with E-state index in [0.29, 0.717) is 18.1 Å². The molecule has 0 bridgehead atoms. The van der Waals surface area contributed by atoms with Crippen LogP contribution in [0.1, 0.15) is 44.7 Å². The average molecular weight is 284 g/mol. The molecular weight excluding hydrogens is 260 g/mol. The number of nitrogens with one attached hydrogen (secondary N) is 1. The van der Waals surface area contributed by atoms with Crippen LogP contribution >= 0.6 is 0 Å². The van der Waals surface area contributed by atoms with Crippen LogP contribution in [-0.2, 0) is 11.8 Å². The van der Waals surface area contributed by atoms with Crippen molar-refractivity contribution in [3.63, 3.8) is 0 Å². The lowest BCUT2D eigenvalue weighted by atomic mass is 10.1. The second-order valence-corrected chi connectivity index (χ2v) is 5.10. The van der Waals surface area contributed by atoms with Crippen LogP contribution in [0.25, 0.3) is 0 Å². The van der Waals surface area contributed by atoms with E-state index in [1.807, 2.05) is 13.8 Å². The third-order valence-corrected chi connectivity index (χ3v) is 3.10. The summed E-state index contributed by atoms with van der Waals surface area (Å²) in [5.41, 5.74) is 0.624. The van der Waals surface area contributed by atoms with Gasteiger partial charge in [-0.1, -0.05) is 13.8 Å². The quantitative estimate of drug-likeness (QED) is 0.428. The predicted octanol–water partition coefficient (Wildman–Crippen LogP) is 2.68. The number of ether oxygens (including phenoxy) is 1. The monoisotopic (exact) mass is 284 g/mol. The van der Waals surface area contributed by atoms with Gasteiger partial charge in [-0.15, -0.1) is 0 Å². The third-order valence-electron chi connectivity index (χ3n) is 3.10. The van der Waals surface area contributed by atoms with Gasteiger partial charge in [-0.25, -0.2) is 4.68 Å². The summed E-state index contributed by atoms with van der Waals surface area (Å²) in [6.45, 7) is 5.26. The van der Waals surface area contributed by atoms with Crippen LogP contribution in [0.4, 0.5) is 11.5 Å². The van der Waals surface area contributed by atoms with Gasteiger partial charge >= 0.3 is 5.69 Å². The van der Waals surface area contributed by atoms with Crippen molar-refractivity contribution in [1.29, 1.82) is 0 Å². The van der Waals surface area contributed by atoms with Crippen molar-refractivity contribution in [3.05, 3.63) is 15.8 Å². The second-order valence-electron chi connectivity index (χ2n) is 5.10. The second kappa shape index (κ2) is 7.84. The van der Waals surface area contributed by atoms with Crippen LogP contribution in [0.3, 0.4) is 0 Å². The number of rotatable bonds is 9. The fraction of sp³-hybridized carbons (Fsp3) is 0.769. The van der Waals surface area contributed by atoms with E-state index in [-0.39, 0.29) is 16.5 Å². The van der Waals surface area contributed by atoms with Gasteiger partial charge in [0.1, 0.15) is 5.69 Å². The van der Waals surface area contributed by atoms with Gasteiger partial charge in [-0.2, -0.15) is 5.10 Å². The summed E-state index contributed by atoms with van der Waals surface area (Å²) >= 11 is 0. The predicted molar refractivity (Wildman–Crippen MR) is 78.2 cm³/mol. The van der Waals surface area contributed by atoms with Gasteiger partial charge < -0.3 is 10.1 Å². The van der Waals surface area contributed by atoms with E-state index in [2.05, 4.69) is 10.4 Å². The number of anilines is 1. The molecule has 0 radical (unpaired) electrons. The van der Waals surface area contributed by atoms with E-state index in [1.54, 1.807) is 18.8 Å². The highest BCUT2D eigenvalue weighted by Crippen LogP contribution is 2.32. The lowest BCUT2D eigenvalue weighted by molar-refractivity contribution is -0.384. The van der Waals surface area contributed by atoms with Gasteiger partial charge in [0.25, 0.3) is 0 Å². The van der Waals surface area contributed by atoms with Crippen LogP contribution in [-0.4, -0.2) is 35.0 Å². The molecule has 0 aromatic carbocycles. The lowest BCUT2D eigenvalue weighted by Crippen LogP contribution is -2.08. The maximum Gasteiger partial charge on any atom is 0.334 e. The summed E-state index contributed by atoms with van der Waals surface area (Å²) in [6.07, 6.45) is 2.98. The Balaban J connectivity index is 2.67. The Morgan fingerprint density at radius 2 is 2.10 bits per heavy atom. The summed E-state index contributed by atoms with van der Waals surface area (Å²) in [5.74, 6) is 0.518. The van der Waals surface area contributed by atoms with Crippen molar-refractivity contribution in [2.75, 3.05) is 25.6 Å². The van der Waals surface area contributed by atoms with Crippen LogP contribution in [0, 0.1) is 10.1 Å². The molecule has 114 valence electrons. The first-order chi connectivity index (χ1) is 9.49. The SMILES string of the molecule is COCCCCCNc1c([N+](=O)[O-])c(C(C)C)nn1C. The maximum absolute atomic E-state index is 11.2. The Labute approximate surface area is 119 Å². The first-order valence-corrected chi connectivity index (χ1v) is 6.93. The van der Waals surface area contributed by atoms with E-state index in [0.717, 1.165) is 25.9 Å². The van der Waals surface area contributed by atoms with E-state index < -0.39 is 0 Å². The minimum absolute atomic E-state index is 0.0267. The summed E-state index contributed by atoms with van der Waals surface area (Å²) in [4.78, 5) is 10.9. The smallest absolute Gasteiger partial charge is 0.334 e. The standard InChI is InChI=1S/C13H24N4O3/c1-10(2)11-12(17(18)19)13(16(3)15-11)14-8-6-5-7-9-20-4/h10,14H,5-9H2,1-4H3. The molecule has 7 heteroatoms. The number of unbranched alkanes of at least 4 members (excludes halogenated alkanes) is 2. The largest absolute Gasteiger partial charge is 0.385 e. The van der Waals surface area contributed by atoms with Gasteiger partial charge in [-0.3, -0.25) is 10.1 Å². The van der Waals surface area contributed by atoms with E-state index in [4.69, 9.17) is 4.74 Å². The van der Waals surface area contributed by atoms with Crippen LogP contribution in [0.15, 0.2) is 0 Å². The molecular formula is C13H24N4O3. The van der Waals surface area contributed by atoms with E-state index in [9.17, 15) is 10.1 Å². The summed E-state index contributed by atoms with van der Waals surface area (Å²) in [5, 5.41) is 18.6. The molecule has 1 rings (SSSR count). The highest BCUT2D eigenvalue weighted by molar-refractivity contribution is 5.60. The van der Waals surface area contributed by atoms with Crippen molar-refractivity contribution in [2.45, 2.75) is 39.0 Å². The van der Waals surface area contributed by atoms with E-state index in [1.165, 1.54) is 0 Å². The van der Waals surface area contributed by atoms with E-state index >= 15 is 0 Å². The summed E-state index contributed by atoms with van der Waals surface area (Å²) in [7, 11) is 3.41. The van der Waals surface area contributed by atoms with Crippen molar-refractivity contribution in [1.82, 2.24) is 9.78 Å². The molecule has 0 unspecified atom stereocenters. The van der Waals surface area contributed by atoms with Crippen LogP contribution in [0.5, 0.6) is 0 Å². The highest BCUT2D eigenvalue weighted by atomic mass is 16.6. The molecule has 0 aliphatic heterocycles. The molecule has 1 heterocycles. The van der Waals surface area contributed by atoms with Gasteiger partial charge in [0.15, 0.2) is 0 Å². The van der Waals surface area contributed by atoms with Gasteiger partial charge in [-0.05, 0) is 19.3 Å². The van der Waals surface area contributed by atoms with Gasteiger partial charge in [0, 0.05) is 33.2 Å². The molecule has 0 aliphatic carbocycles. The number of hydrogen-bond donors (Lipinski definition) is 1.